The van der Waals surface area contributed by atoms with Gasteiger partial charge in [-0.25, -0.2) is 4.79 Å². The summed E-state index contributed by atoms with van der Waals surface area (Å²) in [4.78, 5) is 11.5. The lowest BCUT2D eigenvalue weighted by Gasteiger charge is -2.31. The third kappa shape index (κ3) is 3.27. The third-order valence-corrected chi connectivity index (χ3v) is 6.57. The van der Waals surface area contributed by atoms with Gasteiger partial charge < -0.3 is 5.11 Å². The Morgan fingerprint density at radius 2 is 2.22 bits per heavy atom. The number of carbonyl (C=O) groups is 1. The number of allylic oxidation sites excluding steroid dienone is 1. The summed E-state index contributed by atoms with van der Waals surface area (Å²) in [5.74, 6) is -1.20. The minimum Gasteiger partial charge on any atom is -0.477 e. The predicted molar refractivity (Wildman–Crippen MR) is 100.0 cm³/mol. The average Bonchev–Trinajstić information content (AvgIpc) is 3.02. The quantitative estimate of drug-likeness (QED) is 0.725. The summed E-state index contributed by atoms with van der Waals surface area (Å²) in [6.07, 6.45) is 0.837. The van der Waals surface area contributed by atoms with Gasteiger partial charge in [-0.05, 0) is 30.0 Å². The van der Waals surface area contributed by atoms with Gasteiger partial charge in [-0.15, -0.1) is 11.8 Å². The van der Waals surface area contributed by atoms with Crippen LogP contribution in [0.4, 0.5) is 5.69 Å². The van der Waals surface area contributed by atoms with Crippen LogP contribution in [0.25, 0.3) is 0 Å². The SMILES string of the molecule is C[C@H]1C(C(=O)O)=NN(c2ccc(Cl)cc2Cl)[C@@H]1C1CC(Br)=CS1. The van der Waals surface area contributed by atoms with Gasteiger partial charge in [0.05, 0.1) is 16.8 Å². The van der Waals surface area contributed by atoms with Gasteiger partial charge in [-0.3, -0.25) is 5.01 Å². The molecule has 1 unspecified atom stereocenters. The molecule has 0 aliphatic carbocycles. The summed E-state index contributed by atoms with van der Waals surface area (Å²) < 4.78 is 1.12. The highest BCUT2D eigenvalue weighted by Crippen LogP contribution is 2.44. The zero-order valence-corrected chi connectivity index (χ0v) is 16.0. The Balaban J connectivity index is 2.01. The van der Waals surface area contributed by atoms with Crippen LogP contribution in [0.2, 0.25) is 10.0 Å². The summed E-state index contributed by atoms with van der Waals surface area (Å²) in [5, 5.41) is 18.8. The molecular formula is C15H13BrCl2N2O2S. The summed E-state index contributed by atoms with van der Waals surface area (Å²) >= 11 is 17.5. The molecule has 3 atom stereocenters. The van der Waals surface area contributed by atoms with E-state index in [1.54, 1.807) is 35.0 Å². The molecule has 1 N–H and O–H groups in total. The fourth-order valence-electron chi connectivity index (χ4n) is 2.90. The second kappa shape index (κ2) is 6.67. The fourth-order valence-corrected chi connectivity index (χ4v) is 5.49. The molecule has 1 aromatic carbocycles. The molecule has 3 rings (SSSR count). The number of carboxylic acids is 1. The van der Waals surface area contributed by atoms with E-state index in [1.807, 2.05) is 6.92 Å². The van der Waals surface area contributed by atoms with E-state index in [9.17, 15) is 9.90 Å². The van der Waals surface area contributed by atoms with Crippen LogP contribution in [0, 0.1) is 5.92 Å². The molecule has 0 amide bonds. The molecule has 0 spiro atoms. The first-order valence-corrected chi connectivity index (χ1v) is 9.43. The van der Waals surface area contributed by atoms with Gasteiger partial charge in [0.2, 0.25) is 0 Å². The third-order valence-electron chi connectivity index (χ3n) is 3.96. The van der Waals surface area contributed by atoms with Crippen molar-refractivity contribution in [2.24, 2.45) is 11.0 Å². The number of hydrogen-bond acceptors (Lipinski definition) is 4. The topological polar surface area (TPSA) is 52.9 Å². The maximum atomic E-state index is 11.5. The Morgan fingerprint density at radius 1 is 1.48 bits per heavy atom. The molecule has 0 radical (unpaired) electrons. The number of carboxylic acid groups (broad SMARTS) is 1. The second-order valence-electron chi connectivity index (χ2n) is 5.45. The van der Waals surface area contributed by atoms with Crippen LogP contribution in [0.1, 0.15) is 13.3 Å². The Bertz CT molecular complexity index is 725. The monoisotopic (exact) mass is 434 g/mol. The van der Waals surface area contributed by atoms with Crippen molar-refractivity contribution in [3.05, 3.63) is 38.1 Å². The normalized spacial score (nSPS) is 27.1. The van der Waals surface area contributed by atoms with Crippen molar-refractivity contribution in [2.45, 2.75) is 24.6 Å². The van der Waals surface area contributed by atoms with Crippen LogP contribution in [0.15, 0.2) is 33.2 Å². The zero-order valence-electron chi connectivity index (χ0n) is 12.0. The van der Waals surface area contributed by atoms with Crippen molar-refractivity contribution in [3.8, 4) is 0 Å². The molecule has 0 fully saturated rings. The molecule has 1 aromatic rings. The van der Waals surface area contributed by atoms with E-state index in [-0.39, 0.29) is 22.9 Å². The van der Waals surface area contributed by atoms with Crippen molar-refractivity contribution < 1.29 is 9.90 Å². The number of anilines is 1. The lowest BCUT2D eigenvalue weighted by Crippen LogP contribution is -2.41. The fraction of sp³-hybridized carbons (Fsp3) is 0.333. The van der Waals surface area contributed by atoms with Crippen LogP contribution in [0.5, 0.6) is 0 Å². The molecule has 2 aliphatic rings. The van der Waals surface area contributed by atoms with Crippen LogP contribution in [0.3, 0.4) is 0 Å². The van der Waals surface area contributed by atoms with E-state index in [0.29, 0.717) is 15.7 Å². The molecule has 0 saturated carbocycles. The molecule has 2 aliphatic heterocycles. The van der Waals surface area contributed by atoms with Gasteiger partial charge in [-0.2, -0.15) is 5.10 Å². The highest BCUT2D eigenvalue weighted by molar-refractivity contribution is 9.11. The minimum absolute atomic E-state index is 0.0870. The maximum absolute atomic E-state index is 11.5. The van der Waals surface area contributed by atoms with Gasteiger partial charge in [0.15, 0.2) is 5.71 Å². The van der Waals surface area contributed by atoms with Gasteiger partial charge in [0, 0.05) is 20.7 Å². The van der Waals surface area contributed by atoms with Gasteiger partial charge in [0.1, 0.15) is 0 Å². The number of aliphatic carboxylic acids is 1. The molecule has 0 saturated heterocycles. The molecule has 23 heavy (non-hydrogen) atoms. The van der Waals surface area contributed by atoms with Crippen molar-refractivity contribution in [1.82, 2.24) is 0 Å². The van der Waals surface area contributed by atoms with Crippen LogP contribution in [-0.4, -0.2) is 28.1 Å². The maximum Gasteiger partial charge on any atom is 0.352 e. The minimum atomic E-state index is -0.995. The molecule has 4 nitrogen and oxygen atoms in total. The van der Waals surface area contributed by atoms with Gasteiger partial charge >= 0.3 is 5.97 Å². The number of hydrogen-bond donors (Lipinski definition) is 1. The Labute approximate surface area is 156 Å². The van der Waals surface area contributed by atoms with Gasteiger partial charge in [0.25, 0.3) is 0 Å². The highest BCUT2D eigenvalue weighted by Gasteiger charge is 2.44. The zero-order chi connectivity index (χ0) is 16.7. The Morgan fingerprint density at radius 3 is 2.78 bits per heavy atom. The summed E-state index contributed by atoms with van der Waals surface area (Å²) in [6.45, 7) is 1.90. The lowest BCUT2D eigenvalue weighted by atomic mass is 9.93. The smallest absolute Gasteiger partial charge is 0.352 e. The molecule has 2 heterocycles. The Hall–Kier alpha value is -0.690. The van der Waals surface area contributed by atoms with Crippen molar-refractivity contribution in [3.63, 3.8) is 0 Å². The number of thioether (sulfide) groups is 1. The summed E-state index contributed by atoms with van der Waals surface area (Å²) in [7, 11) is 0. The van der Waals surface area contributed by atoms with E-state index in [0.717, 1.165) is 10.9 Å². The largest absolute Gasteiger partial charge is 0.477 e. The lowest BCUT2D eigenvalue weighted by molar-refractivity contribution is -0.129. The average molecular weight is 436 g/mol. The number of benzene rings is 1. The van der Waals surface area contributed by atoms with E-state index < -0.39 is 5.97 Å². The summed E-state index contributed by atoms with van der Waals surface area (Å²) in [5.41, 5.74) is 0.831. The van der Waals surface area contributed by atoms with Crippen molar-refractivity contribution in [1.29, 1.82) is 0 Å². The standard InChI is InChI=1S/C15H13BrCl2N2O2S/c1-7-13(15(21)22)19-20(11-3-2-9(17)5-10(11)18)14(7)12-4-8(16)6-23-12/h2-3,5-7,12,14H,4H2,1H3,(H,21,22)/t7-,12?,14-/m0/s1. The number of nitrogens with zero attached hydrogens (tertiary/aromatic N) is 2. The molecular weight excluding hydrogens is 423 g/mol. The molecule has 0 bridgehead atoms. The van der Waals surface area contributed by atoms with E-state index >= 15 is 0 Å². The number of hydrazone groups is 1. The summed E-state index contributed by atoms with van der Waals surface area (Å²) in [6, 6.07) is 5.07. The second-order valence-corrected chi connectivity index (χ2v) is 8.43. The number of halogens is 3. The molecule has 8 heteroatoms. The van der Waals surface area contributed by atoms with Gasteiger partial charge in [-0.1, -0.05) is 46.1 Å². The van der Waals surface area contributed by atoms with Crippen LogP contribution in [-0.2, 0) is 4.79 Å². The predicted octanol–water partition coefficient (Wildman–Crippen LogP) is 5.00. The molecule has 0 aromatic heterocycles. The van der Waals surface area contributed by atoms with Crippen LogP contribution < -0.4 is 5.01 Å². The highest BCUT2D eigenvalue weighted by atomic mass is 79.9. The van der Waals surface area contributed by atoms with E-state index in [1.165, 1.54) is 0 Å². The first-order chi connectivity index (χ1) is 10.9. The molecule has 122 valence electrons. The van der Waals surface area contributed by atoms with E-state index in [2.05, 4.69) is 26.4 Å². The van der Waals surface area contributed by atoms with E-state index in [4.69, 9.17) is 23.2 Å². The van der Waals surface area contributed by atoms with Crippen LogP contribution >= 0.6 is 50.9 Å². The van der Waals surface area contributed by atoms with Crippen molar-refractivity contribution in [2.75, 3.05) is 5.01 Å². The first-order valence-electron chi connectivity index (χ1n) is 6.94. The number of rotatable bonds is 3. The first kappa shape index (κ1) is 17.1. The van der Waals surface area contributed by atoms with Crippen molar-refractivity contribution >= 4 is 68.3 Å². The Kier molecular flexibility index (Phi) is 4.97.